The number of benzene rings is 1. The van der Waals surface area contributed by atoms with Crippen LogP contribution in [0.3, 0.4) is 0 Å². The molecule has 25 heavy (non-hydrogen) atoms. The second-order valence-electron chi connectivity index (χ2n) is 6.27. The van der Waals surface area contributed by atoms with E-state index in [4.69, 9.17) is 5.73 Å². The summed E-state index contributed by atoms with van der Waals surface area (Å²) in [6.07, 6.45) is -3.02. The Kier molecular flexibility index (Phi) is 4.55. The van der Waals surface area contributed by atoms with Crippen LogP contribution in [0.2, 0.25) is 0 Å². The molecule has 5 nitrogen and oxygen atoms in total. The summed E-state index contributed by atoms with van der Waals surface area (Å²) in [6, 6.07) is 5.70. The predicted molar refractivity (Wildman–Crippen MR) is 87.0 cm³/mol. The number of nitrogens with two attached hydrogens (primary N) is 1. The summed E-state index contributed by atoms with van der Waals surface area (Å²) >= 11 is 0. The predicted octanol–water partition coefficient (Wildman–Crippen LogP) is 1.88. The van der Waals surface area contributed by atoms with Crippen LogP contribution in [0.15, 0.2) is 41.3 Å². The van der Waals surface area contributed by atoms with E-state index in [1.807, 2.05) is 0 Å². The van der Waals surface area contributed by atoms with Crippen LogP contribution in [0.1, 0.15) is 12.8 Å². The first-order chi connectivity index (χ1) is 11.8. The highest BCUT2D eigenvalue weighted by molar-refractivity contribution is 5.82. The molecule has 3 rings (SSSR count). The van der Waals surface area contributed by atoms with Gasteiger partial charge in [-0.3, -0.25) is 9.59 Å². The second-order valence-corrected chi connectivity index (χ2v) is 6.27. The fraction of sp³-hybridized carbons (Fsp3) is 0.412. The largest absolute Gasteiger partial charge is 0.408 e. The molecule has 1 aromatic heterocycles. The maximum absolute atomic E-state index is 13.2. The quantitative estimate of drug-likeness (QED) is 0.896. The van der Waals surface area contributed by atoms with E-state index < -0.39 is 24.2 Å². The molecule has 0 saturated carbocycles. The van der Waals surface area contributed by atoms with Crippen LogP contribution in [0.4, 0.5) is 13.2 Å². The molecule has 1 amide bonds. The molecule has 1 saturated heterocycles. The number of hydrogen-bond donors (Lipinski definition) is 1. The molecule has 2 heterocycles. The number of pyridine rings is 1. The number of carbonyl (C=O) groups is 1. The summed E-state index contributed by atoms with van der Waals surface area (Å²) in [5, 5.41) is 0.417. The number of amides is 1. The zero-order valence-corrected chi connectivity index (χ0v) is 13.4. The number of carbonyl (C=O) groups excluding carboxylic acids is 1. The molecule has 0 bridgehead atoms. The molecule has 1 aliphatic heterocycles. The maximum atomic E-state index is 13.2. The van der Waals surface area contributed by atoms with Crippen molar-refractivity contribution in [1.82, 2.24) is 9.47 Å². The Morgan fingerprint density at radius 3 is 2.64 bits per heavy atom. The third-order valence-corrected chi connectivity index (χ3v) is 4.51. The van der Waals surface area contributed by atoms with Crippen molar-refractivity contribution in [2.45, 2.75) is 37.6 Å². The number of piperidine rings is 1. The van der Waals surface area contributed by atoms with E-state index in [1.54, 1.807) is 24.3 Å². The second kappa shape index (κ2) is 6.51. The van der Waals surface area contributed by atoms with Crippen molar-refractivity contribution in [3.63, 3.8) is 0 Å². The number of para-hydroxylation sites is 1. The molecule has 1 aromatic carbocycles. The van der Waals surface area contributed by atoms with Crippen molar-refractivity contribution in [3.8, 4) is 0 Å². The van der Waals surface area contributed by atoms with Crippen LogP contribution in [0, 0.1) is 0 Å². The summed E-state index contributed by atoms with van der Waals surface area (Å²) in [5.41, 5.74) is 6.07. The number of fused-ring (bicyclic) bond motifs is 1. The molecule has 8 heteroatoms. The first-order valence-corrected chi connectivity index (χ1v) is 7.97. The van der Waals surface area contributed by atoms with E-state index in [9.17, 15) is 22.8 Å². The van der Waals surface area contributed by atoms with Gasteiger partial charge in [0.15, 0.2) is 5.43 Å². The minimum absolute atomic E-state index is 0.124. The molecule has 0 aliphatic carbocycles. The number of hydrogen-bond acceptors (Lipinski definition) is 3. The Balaban J connectivity index is 1.91. The molecule has 0 spiro atoms. The van der Waals surface area contributed by atoms with Crippen molar-refractivity contribution in [1.29, 1.82) is 0 Å². The van der Waals surface area contributed by atoms with E-state index in [0.717, 1.165) is 4.90 Å². The van der Waals surface area contributed by atoms with Gasteiger partial charge in [0.2, 0.25) is 5.91 Å². The zero-order chi connectivity index (χ0) is 18.2. The smallest absolute Gasteiger partial charge is 0.338 e. The molecular weight excluding hydrogens is 335 g/mol. The van der Waals surface area contributed by atoms with E-state index in [0.29, 0.717) is 10.9 Å². The summed E-state index contributed by atoms with van der Waals surface area (Å²) in [4.78, 5) is 25.3. The van der Waals surface area contributed by atoms with E-state index in [1.165, 1.54) is 16.8 Å². The lowest BCUT2D eigenvalue weighted by molar-refractivity contribution is -0.197. The lowest BCUT2D eigenvalue weighted by Gasteiger charge is -2.39. The molecule has 1 aliphatic rings. The van der Waals surface area contributed by atoms with Gasteiger partial charge < -0.3 is 15.2 Å². The fourth-order valence-electron chi connectivity index (χ4n) is 3.25. The van der Waals surface area contributed by atoms with Gasteiger partial charge in [0.1, 0.15) is 12.6 Å². The summed E-state index contributed by atoms with van der Waals surface area (Å²) in [5.74, 6) is -0.661. The molecule has 1 fully saturated rings. The van der Waals surface area contributed by atoms with Crippen LogP contribution in [0.25, 0.3) is 10.9 Å². The van der Waals surface area contributed by atoms with Gasteiger partial charge in [-0.25, -0.2) is 0 Å². The number of alkyl halides is 3. The maximum Gasteiger partial charge on any atom is 0.408 e. The van der Waals surface area contributed by atoms with Crippen molar-refractivity contribution in [2.75, 3.05) is 6.54 Å². The van der Waals surface area contributed by atoms with Gasteiger partial charge in [0, 0.05) is 30.2 Å². The van der Waals surface area contributed by atoms with E-state index in [-0.39, 0.29) is 31.4 Å². The number of halogens is 3. The number of nitrogens with zero attached hydrogens (tertiary/aromatic N) is 2. The summed E-state index contributed by atoms with van der Waals surface area (Å²) < 4.78 is 41.2. The Bertz CT molecular complexity index is 847. The topological polar surface area (TPSA) is 68.3 Å². The fourth-order valence-corrected chi connectivity index (χ4v) is 3.25. The Morgan fingerprint density at radius 2 is 1.92 bits per heavy atom. The van der Waals surface area contributed by atoms with Gasteiger partial charge in [0.25, 0.3) is 0 Å². The molecule has 134 valence electrons. The van der Waals surface area contributed by atoms with Crippen molar-refractivity contribution >= 4 is 16.8 Å². The van der Waals surface area contributed by atoms with Gasteiger partial charge >= 0.3 is 6.18 Å². The van der Waals surface area contributed by atoms with E-state index >= 15 is 0 Å². The monoisotopic (exact) mass is 353 g/mol. The van der Waals surface area contributed by atoms with Crippen LogP contribution in [-0.2, 0) is 11.3 Å². The third-order valence-electron chi connectivity index (χ3n) is 4.51. The highest BCUT2D eigenvalue weighted by Gasteiger charge is 2.47. The Morgan fingerprint density at radius 1 is 1.20 bits per heavy atom. The molecule has 2 aromatic rings. The van der Waals surface area contributed by atoms with E-state index in [2.05, 4.69) is 0 Å². The Labute approximate surface area is 141 Å². The SMILES string of the molecule is NC1CCC(C(F)(F)F)N(C(=O)Cn2ccc(=O)c3ccccc32)C1. The number of aromatic nitrogens is 1. The van der Waals surface area contributed by atoms with Crippen molar-refractivity contribution in [3.05, 3.63) is 46.8 Å². The van der Waals surface area contributed by atoms with Crippen LogP contribution in [-0.4, -0.2) is 40.2 Å². The lowest BCUT2D eigenvalue weighted by Crippen LogP contribution is -2.57. The lowest BCUT2D eigenvalue weighted by atomic mass is 9.98. The summed E-state index contributed by atoms with van der Waals surface area (Å²) in [6.45, 7) is -0.402. The van der Waals surface area contributed by atoms with Gasteiger partial charge in [-0.1, -0.05) is 12.1 Å². The first-order valence-electron chi connectivity index (χ1n) is 7.97. The van der Waals surface area contributed by atoms with Crippen LogP contribution in [0.5, 0.6) is 0 Å². The summed E-state index contributed by atoms with van der Waals surface area (Å²) in [7, 11) is 0. The highest BCUT2D eigenvalue weighted by atomic mass is 19.4. The first kappa shape index (κ1) is 17.5. The minimum atomic E-state index is -4.48. The average Bonchev–Trinajstić information content (AvgIpc) is 2.56. The molecule has 2 unspecified atom stereocenters. The van der Waals surface area contributed by atoms with Crippen LogP contribution >= 0.6 is 0 Å². The van der Waals surface area contributed by atoms with Gasteiger partial charge in [0.05, 0.1) is 5.52 Å². The highest BCUT2D eigenvalue weighted by Crippen LogP contribution is 2.31. The number of likely N-dealkylation sites (tertiary alicyclic amines) is 1. The molecule has 2 atom stereocenters. The minimum Gasteiger partial charge on any atom is -0.338 e. The van der Waals surface area contributed by atoms with Crippen molar-refractivity contribution in [2.24, 2.45) is 5.73 Å². The van der Waals surface area contributed by atoms with Gasteiger partial charge in [-0.15, -0.1) is 0 Å². The van der Waals surface area contributed by atoms with Gasteiger partial charge in [-0.05, 0) is 25.0 Å². The third kappa shape index (κ3) is 3.53. The zero-order valence-electron chi connectivity index (χ0n) is 13.4. The number of rotatable bonds is 2. The molecule has 2 N–H and O–H groups in total. The molecule has 0 radical (unpaired) electrons. The van der Waals surface area contributed by atoms with Crippen molar-refractivity contribution < 1.29 is 18.0 Å². The Hall–Kier alpha value is -2.35. The molecular formula is C17H18F3N3O2. The van der Waals surface area contributed by atoms with Crippen LogP contribution < -0.4 is 11.2 Å². The standard InChI is InChI=1S/C17H18F3N3O2/c18-17(19,20)15-6-5-11(21)9-23(15)16(25)10-22-8-7-14(24)12-3-1-2-4-13(12)22/h1-4,7-8,11,15H,5-6,9-10,21H2. The van der Waals surface area contributed by atoms with Gasteiger partial charge in [-0.2, -0.15) is 13.2 Å². The average molecular weight is 353 g/mol. The normalized spacial score (nSPS) is 21.5.